The Bertz CT molecular complexity index is 124. The Hall–Kier alpha value is -0.0800. The molecule has 1 aliphatic heterocycles. The summed E-state index contributed by atoms with van der Waals surface area (Å²) >= 11 is 0. The van der Waals surface area contributed by atoms with Crippen LogP contribution in [0.4, 0.5) is 0 Å². The van der Waals surface area contributed by atoms with E-state index >= 15 is 0 Å². The Kier molecular flexibility index (Phi) is 2.14. The standard InChI is InChI=1S/C9H17NO/c11-6-8-5-7-3-1-2-4-9(7)10-8/h7-11H,1-6H2. The highest BCUT2D eigenvalue weighted by atomic mass is 16.3. The molecule has 2 heteroatoms. The smallest absolute Gasteiger partial charge is 0.0584 e. The van der Waals surface area contributed by atoms with Crippen molar-refractivity contribution in [2.75, 3.05) is 6.61 Å². The van der Waals surface area contributed by atoms with Gasteiger partial charge >= 0.3 is 0 Å². The minimum atomic E-state index is 0.326. The van der Waals surface area contributed by atoms with E-state index in [0.29, 0.717) is 12.6 Å². The number of nitrogens with one attached hydrogen (secondary N) is 1. The fraction of sp³-hybridized carbons (Fsp3) is 1.00. The van der Waals surface area contributed by atoms with Crippen molar-refractivity contribution in [2.45, 2.75) is 44.2 Å². The molecule has 1 saturated carbocycles. The molecule has 3 unspecified atom stereocenters. The van der Waals surface area contributed by atoms with Gasteiger partial charge in [-0.05, 0) is 25.2 Å². The predicted molar refractivity (Wildman–Crippen MR) is 44.4 cm³/mol. The van der Waals surface area contributed by atoms with Crippen molar-refractivity contribution in [1.82, 2.24) is 5.32 Å². The minimum Gasteiger partial charge on any atom is -0.395 e. The van der Waals surface area contributed by atoms with Gasteiger partial charge in [-0.15, -0.1) is 0 Å². The molecule has 2 aliphatic rings. The first-order valence-corrected chi connectivity index (χ1v) is 4.77. The lowest BCUT2D eigenvalue weighted by Gasteiger charge is -2.24. The van der Waals surface area contributed by atoms with Crippen molar-refractivity contribution in [3.8, 4) is 0 Å². The molecule has 0 bridgehead atoms. The fourth-order valence-corrected chi connectivity index (χ4v) is 2.57. The molecule has 2 nitrogen and oxygen atoms in total. The zero-order valence-corrected chi connectivity index (χ0v) is 6.92. The van der Waals surface area contributed by atoms with E-state index in [-0.39, 0.29) is 0 Å². The van der Waals surface area contributed by atoms with Gasteiger partial charge in [-0.25, -0.2) is 0 Å². The molecule has 2 N–H and O–H groups in total. The number of hydrogen-bond donors (Lipinski definition) is 2. The van der Waals surface area contributed by atoms with Crippen LogP contribution < -0.4 is 5.32 Å². The van der Waals surface area contributed by atoms with Crippen LogP contribution in [0.25, 0.3) is 0 Å². The van der Waals surface area contributed by atoms with Gasteiger partial charge in [0, 0.05) is 12.1 Å². The number of rotatable bonds is 1. The van der Waals surface area contributed by atoms with Gasteiger partial charge in [0.25, 0.3) is 0 Å². The van der Waals surface area contributed by atoms with Crippen LogP contribution in [0, 0.1) is 5.92 Å². The predicted octanol–water partition coefficient (Wildman–Crippen LogP) is 0.899. The Morgan fingerprint density at radius 3 is 2.82 bits per heavy atom. The Balaban J connectivity index is 1.92. The zero-order chi connectivity index (χ0) is 7.68. The van der Waals surface area contributed by atoms with E-state index in [2.05, 4.69) is 5.32 Å². The molecular formula is C9H17NO. The molecule has 1 heterocycles. The summed E-state index contributed by atoms with van der Waals surface area (Å²) in [6, 6.07) is 1.14. The van der Waals surface area contributed by atoms with E-state index in [1.807, 2.05) is 0 Å². The lowest BCUT2D eigenvalue weighted by molar-refractivity contribution is 0.250. The van der Waals surface area contributed by atoms with Crippen LogP contribution in [0.1, 0.15) is 32.1 Å². The summed E-state index contributed by atoms with van der Waals surface area (Å²) < 4.78 is 0. The van der Waals surface area contributed by atoms with Crippen molar-refractivity contribution in [2.24, 2.45) is 5.92 Å². The van der Waals surface area contributed by atoms with E-state index in [4.69, 9.17) is 5.11 Å². The maximum absolute atomic E-state index is 8.95. The summed E-state index contributed by atoms with van der Waals surface area (Å²) in [6.45, 7) is 0.326. The normalized spacial score (nSPS) is 43.9. The van der Waals surface area contributed by atoms with E-state index in [1.165, 1.54) is 32.1 Å². The Morgan fingerprint density at radius 2 is 2.09 bits per heavy atom. The molecule has 0 aromatic carbocycles. The highest BCUT2D eigenvalue weighted by molar-refractivity contribution is 4.92. The molecule has 3 atom stereocenters. The van der Waals surface area contributed by atoms with Crippen LogP contribution in [0.2, 0.25) is 0 Å². The topological polar surface area (TPSA) is 32.3 Å². The van der Waals surface area contributed by atoms with Crippen molar-refractivity contribution < 1.29 is 5.11 Å². The van der Waals surface area contributed by atoms with Gasteiger partial charge < -0.3 is 10.4 Å². The van der Waals surface area contributed by atoms with Crippen LogP contribution >= 0.6 is 0 Å². The summed E-state index contributed by atoms with van der Waals surface area (Å²) in [4.78, 5) is 0. The number of hydrogen-bond acceptors (Lipinski definition) is 2. The summed E-state index contributed by atoms with van der Waals surface area (Å²) in [5, 5.41) is 12.4. The van der Waals surface area contributed by atoms with Crippen molar-refractivity contribution in [3.05, 3.63) is 0 Å². The molecular weight excluding hydrogens is 138 g/mol. The maximum Gasteiger partial charge on any atom is 0.0584 e. The van der Waals surface area contributed by atoms with Crippen LogP contribution in [0.3, 0.4) is 0 Å². The summed E-state index contributed by atoms with van der Waals surface area (Å²) in [6.07, 6.45) is 6.71. The van der Waals surface area contributed by atoms with Crippen molar-refractivity contribution in [1.29, 1.82) is 0 Å². The van der Waals surface area contributed by atoms with Gasteiger partial charge in [0.05, 0.1) is 6.61 Å². The molecule has 0 spiro atoms. The number of aliphatic hydroxyl groups is 1. The van der Waals surface area contributed by atoms with Crippen molar-refractivity contribution >= 4 is 0 Å². The van der Waals surface area contributed by atoms with Gasteiger partial charge in [-0.2, -0.15) is 0 Å². The average Bonchev–Trinajstić information content (AvgIpc) is 2.46. The first-order valence-electron chi connectivity index (χ1n) is 4.77. The third kappa shape index (κ3) is 1.42. The molecule has 11 heavy (non-hydrogen) atoms. The first-order chi connectivity index (χ1) is 5.40. The molecule has 2 rings (SSSR count). The molecule has 1 saturated heterocycles. The number of aliphatic hydroxyl groups excluding tert-OH is 1. The summed E-state index contributed by atoms with van der Waals surface area (Å²) in [5.74, 6) is 0.876. The molecule has 1 aliphatic carbocycles. The van der Waals surface area contributed by atoms with Gasteiger partial charge in [0.1, 0.15) is 0 Å². The van der Waals surface area contributed by atoms with Gasteiger partial charge in [-0.1, -0.05) is 12.8 Å². The highest BCUT2D eigenvalue weighted by Gasteiger charge is 2.34. The highest BCUT2D eigenvalue weighted by Crippen LogP contribution is 2.32. The van der Waals surface area contributed by atoms with E-state index in [0.717, 1.165) is 12.0 Å². The van der Waals surface area contributed by atoms with Crippen molar-refractivity contribution in [3.63, 3.8) is 0 Å². The monoisotopic (exact) mass is 155 g/mol. The van der Waals surface area contributed by atoms with Crippen LogP contribution in [0.15, 0.2) is 0 Å². The largest absolute Gasteiger partial charge is 0.395 e. The molecule has 2 fully saturated rings. The van der Waals surface area contributed by atoms with E-state index < -0.39 is 0 Å². The van der Waals surface area contributed by atoms with Crippen LogP contribution in [-0.4, -0.2) is 23.8 Å². The lowest BCUT2D eigenvalue weighted by Crippen LogP contribution is -2.34. The second kappa shape index (κ2) is 3.11. The summed E-state index contributed by atoms with van der Waals surface area (Å²) in [7, 11) is 0. The Morgan fingerprint density at radius 1 is 1.27 bits per heavy atom. The van der Waals surface area contributed by atoms with E-state index in [9.17, 15) is 0 Å². The second-order valence-corrected chi connectivity index (χ2v) is 3.93. The quantitative estimate of drug-likeness (QED) is 0.589. The lowest BCUT2D eigenvalue weighted by atomic mass is 9.85. The van der Waals surface area contributed by atoms with Crippen LogP contribution in [-0.2, 0) is 0 Å². The van der Waals surface area contributed by atoms with Gasteiger partial charge in [-0.3, -0.25) is 0 Å². The molecule has 0 radical (unpaired) electrons. The fourth-order valence-electron chi connectivity index (χ4n) is 2.57. The summed E-state index contributed by atoms with van der Waals surface area (Å²) in [5.41, 5.74) is 0. The first kappa shape index (κ1) is 7.56. The van der Waals surface area contributed by atoms with Gasteiger partial charge in [0.2, 0.25) is 0 Å². The third-order valence-electron chi connectivity index (χ3n) is 3.17. The van der Waals surface area contributed by atoms with Gasteiger partial charge in [0.15, 0.2) is 0 Å². The second-order valence-electron chi connectivity index (χ2n) is 3.93. The van der Waals surface area contributed by atoms with E-state index in [1.54, 1.807) is 0 Å². The zero-order valence-electron chi connectivity index (χ0n) is 6.92. The molecule has 0 aromatic heterocycles. The molecule has 64 valence electrons. The molecule has 0 amide bonds. The maximum atomic E-state index is 8.95. The minimum absolute atomic E-state index is 0.326. The van der Waals surface area contributed by atoms with Crippen LogP contribution in [0.5, 0.6) is 0 Å². The number of fused-ring (bicyclic) bond motifs is 1. The Labute approximate surface area is 68.0 Å². The molecule has 0 aromatic rings. The SMILES string of the molecule is OCC1CC2CCCCC2N1. The average molecular weight is 155 g/mol. The third-order valence-corrected chi connectivity index (χ3v) is 3.17.